The van der Waals surface area contributed by atoms with Crippen molar-refractivity contribution in [2.75, 3.05) is 45.2 Å². The summed E-state index contributed by atoms with van der Waals surface area (Å²) in [6.07, 6.45) is 8.53. The van der Waals surface area contributed by atoms with Gasteiger partial charge in [-0.05, 0) is 39.8 Å². The van der Waals surface area contributed by atoms with E-state index in [4.69, 9.17) is 4.74 Å². The Bertz CT molecular complexity index is 687. The first kappa shape index (κ1) is 15.8. The SMILES string of the molecule is CN(C)CCOC1CCN(c2ncnc3c2ncn3C2CC2)CC1. The van der Waals surface area contributed by atoms with Crippen LogP contribution < -0.4 is 4.90 Å². The van der Waals surface area contributed by atoms with E-state index in [0.29, 0.717) is 12.1 Å². The summed E-state index contributed by atoms with van der Waals surface area (Å²) >= 11 is 0. The van der Waals surface area contributed by atoms with Gasteiger partial charge >= 0.3 is 0 Å². The minimum atomic E-state index is 0.363. The third-order valence-electron chi connectivity index (χ3n) is 4.91. The van der Waals surface area contributed by atoms with Gasteiger partial charge in [0, 0.05) is 25.7 Å². The topological polar surface area (TPSA) is 59.3 Å². The van der Waals surface area contributed by atoms with E-state index in [1.165, 1.54) is 12.8 Å². The Morgan fingerprint density at radius 2 is 1.92 bits per heavy atom. The van der Waals surface area contributed by atoms with Crippen LogP contribution in [-0.4, -0.2) is 70.9 Å². The maximum atomic E-state index is 5.99. The van der Waals surface area contributed by atoms with Crippen LogP contribution in [-0.2, 0) is 4.74 Å². The van der Waals surface area contributed by atoms with Gasteiger partial charge in [-0.3, -0.25) is 0 Å². The lowest BCUT2D eigenvalue weighted by Crippen LogP contribution is -2.38. The van der Waals surface area contributed by atoms with Gasteiger partial charge in [0.05, 0.1) is 19.0 Å². The van der Waals surface area contributed by atoms with E-state index in [9.17, 15) is 0 Å². The van der Waals surface area contributed by atoms with Gasteiger partial charge in [0.15, 0.2) is 17.0 Å². The molecule has 0 aromatic carbocycles. The molecule has 7 heteroatoms. The zero-order valence-electron chi connectivity index (χ0n) is 14.6. The fourth-order valence-electron chi connectivity index (χ4n) is 3.33. The highest BCUT2D eigenvalue weighted by atomic mass is 16.5. The molecule has 0 amide bonds. The number of anilines is 1. The van der Waals surface area contributed by atoms with Crippen molar-refractivity contribution in [2.45, 2.75) is 37.8 Å². The summed E-state index contributed by atoms with van der Waals surface area (Å²) in [5.41, 5.74) is 1.92. The third kappa shape index (κ3) is 3.23. The molecule has 0 atom stereocenters. The minimum Gasteiger partial charge on any atom is -0.377 e. The van der Waals surface area contributed by atoms with Crippen LogP contribution in [0.15, 0.2) is 12.7 Å². The predicted molar refractivity (Wildman–Crippen MR) is 93.3 cm³/mol. The van der Waals surface area contributed by atoms with Crippen molar-refractivity contribution in [3.8, 4) is 0 Å². The lowest BCUT2D eigenvalue weighted by Gasteiger charge is -2.32. The molecule has 0 N–H and O–H groups in total. The van der Waals surface area contributed by atoms with Crippen molar-refractivity contribution in [3.05, 3.63) is 12.7 Å². The van der Waals surface area contributed by atoms with E-state index in [-0.39, 0.29) is 0 Å². The van der Waals surface area contributed by atoms with Crippen LogP contribution in [0.4, 0.5) is 5.82 Å². The number of aromatic nitrogens is 4. The van der Waals surface area contributed by atoms with Gasteiger partial charge < -0.3 is 19.1 Å². The van der Waals surface area contributed by atoms with E-state index in [1.807, 2.05) is 6.33 Å². The molecular formula is C17H26N6O. The molecule has 130 valence electrons. The monoisotopic (exact) mass is 330 g/mol. The van der Waals surface area contributed by atoms with Crippen molar-refractivity contribution in [2.24, 2.45) is 0 Å². The smallest absolute Gasteiger partial charge is 0.165 e. The molecule has 2 fully saturated rings. The van der Waals surface area contributed by atoms with Crippen LogP contribution in [0.3, 0.4) is 0 Å². The summed E-state index contributed by atoms with van der Waals surface area (Å²) in [5, 5.41) is 0. The van der Waals surface area contributed by atoms with E-state index in [2.05, 4.69) is 43.4 Å². The number of imidazole rings is 1. The van der Waals surface area contributed by atoms with Crippen molar-refractivity contribution in [1.82, 2.24) is 24.4 Å². The second-order valence-electron chi connectivity index (χ2n) is 7.11. The Morgan fingerprint density at radius 1 is 1.12 bits per heavy atom. The van der Waals surface area contributed by atoms with Gasteiger partial charge in [0.1, 0.15) is 6.33 Å². The molecule has 1 aliphatic heterocycles. The number of ether oxygens (including phenoxy) is 1. The maximum Gasteiger partial charge on any atom is 0.165 e. The Morgan fingerprint density at radius 3 is 2.62 bits per heavy atom. The second-order valence-corrected chi connectivity index (χ2v) is 7.11. The summed E-state index contributed by atoms with van der Waals surface area (Å²) in [4.78, 5) is 18.1. The molecule has 3 heterocycles. The molecule has 24 heavy (non-hydrogen) atoms. The van der Waals surface area contributed by atoms with Gasteiger partial charge in [0.25, 0.3) is 0 Å². The van der Waals surface area contributed by atoms with Crippen molar-refractivity contribution in [3.63, 3.8) is 0 Å². The van der Waals surface area contributed by atoms with Crippen molar-refractivity contribution >= 4 is 17.0 Å². The number of fused-ring (bicyclic) bond motifs is 1. The lowest BCUT2D eigenvalue weighted by atomic mass is 10.1. The lowest BCUT2D eigenvalue weighted by molar-refractivity contribution is 0.0294. The number of likely N-dealkylation sites (N-methyl/N-ethyl adjacent to an activating group) is 1. The Labute approximate surface area is 142 Å². The first-order valence-electron chi connectivity index (χ1n) is 8.91. The molecular weight excluding hydrogens is 304 g/mol. The van der Waals surface area contributed by atoms with E-state index < -0.39 is 0 Å². The molecule has 4 rings (SSSR count). The third-order valence-corrected chi connectivity index (χ3v) is 4.91. The largest absolute Gasteiger partial charge is 0.377 e. The highest BCUT2D eigenvalue weighted by Crippen LogP contribution is 2.37. The molecule has 0 bridgehead atoms. The Balaban J connectivity index is 1.41. The zero-order chi connectivity index (χ0) is 16.5. The molecule has 1 saturated heterocycles. The van der Waals surface area contributed by atoms with Gasteiger partial charge in [-0.2, -0.15) is 0 Å². The van der Waals surface area contributed by atoms with Crippen LogP contribution in [0.5, 0.6) is 0 Å². The van der Waals surface area contributed by atoms with E-state index >= 15 is 0 Å². The predicted octanol–water partition coefficient (Wildman–Crippen LogP) is 1.71. The van der Waals surface area contributed by atoms with Crippen molar-refractivity contribution < 1.29 is 4.74 Å². The quantitative estimate of drug-likeness (QED) is 0.804. The van der Waals surface area contributed by atoms with Gasteiger partial charge in [-0.1, -0.05) is 0 Å². The Kier molecular flexibility index (Phi) is 4.37. The molecule has 7 nitrogen and oxygen atoms in total. The number of hydrogen-bond acceptors (Lipinski definition) is 6. The maximum absolute atomic E-state index is 5.99. The number of rotatable bonds is 6. The number of hydrogen-bond donors (Lipinski definition) is 0. The van der Waals surface area contributed by atoms with E-state index in [1.54, 1.807) is 6.33 Å². The molecule has 1 saturated carbocycles. The molecule has 2 aromatic heterocycles. The fraction of sp³-hybridized carbons (Fsp3) is 0.706. The van der Waals surface area contributed by atoms with E-state index in [0.717, 1.165) is 56.1 Å². The number of nitrogens with zero attached hydrogens (tertiary/aromatic N) is 6. The van der Waals surface area contributed by atoms with Gasteiger partial charge in [0.2, 0.25) is 0 Å². The summed E-state index contributed by atoms with van der Waals surface area (Å²) in [7, 11) is 4.15. The summed E-state index contributed by atoms with van der Waals surface area (Å²) in [6, 6.07) is 0.591. The first-order valence-corrected chi connectivity index (χ1v) is 8.91. The summed E-state index contributed by atoms with van der Waals surface area (Å²) in [5.74, 6) is 0.978. The summed E-state index contributed by atoms with van der Waals surface area (Å²) in [6.45, 7) is 3.72. The van der Waals surface area contributed by atoms with Crippen LogP contribution in [0.25, 0.3) is 11.2 Å². The van der Waals surface area contributed by atoms with Crippen molar-refractivity contribution in [1.29, 1.82) is 0 Å². The highest BCUT2D eigenvalue weighted by Gasteiger charge is 2.28. The normalized spacial score (nSPS) is 19.5. The molecule has 0 radical (unpaired) electrons. The second kappa shape index (κ2) is 6.64. The molecule has 0 spiro atoms. The van der Waals surface area contributed by atoms with Crippen LogP contribution in [0.1, 0.15) is 31.7 Å². The van der Waals surface area contributed by atoms with Gasteiger partial charge in [-0.15, -0.1) is 0 Å². The van der Waals surface area contributed by atoms with Gasteiger partial charge in [-0.25, -0.2) is 15.0 Å². The van der Waals surface area contributed by atoms with Crippen LogP contribution in [0, 0.1) is 0 Å². The number of piperidine rings is 1. The minimum absolute atomic E-state index is 0.363. The standard InChI is InChI=1S/C17H26N6O/c1-21(2)9-10-24-14-5-7-22(8-6-14)16-15-17(19-11-18-16)23(12-20-15)13-3-4-13/h11-14H,3-10H2,1-2H3. The molecule has 1 aliphatic carbocycles. The molecule has 2 aliphatic rings. The fourth-order valence-corrected chi connectivity index (χ4v) is 3.33. The zero-order valence-corrected chi connectivity index (χ0v) is 14.6. The first-order chi connectivity index (χ1) is 11.7. The Hall–Kier alpha value is -1.73. The molecule has 0 unspecified atom stereocenters. The molecule has 2 aromatic rings. The average molecular weight is 330 g/mol. The van der Waals surface area contributed by atoms with Crippen LogP contribution in [0.2, 0.25) is 0 Å². The summed E-state index contributed by atoms with van der Waals surface area (Å²) < 4.78 is 8.19. The average Bonchev–Trinajstić information content (AvgIpc) is 3.34. The van der Waals surface area contributed by atoms with Crippen LogP contribution >= 0.6 is 0 Å². The highest BCUT2D eigenvalue weighted by molar-refractivity contribution is 5.83.